The summed E-state index contributed by atoms with van der Waals surface area (Å²) in [4.78, 5) is 0. The van der Waals surface area contributed by atoms with Gasteiger partial charge in [0.1, 0.15) is 0 Å². The summed E-state index contributed by atoms with van der Waals surface area (Å²) in [6.45, 7) is 4.35. The van der Waals surface area contributed by atoms with Crippen LogP contribution in [0.15, 0.2) is 0 Å². The number of hydrogen-bond acceptors (Lipinski definition) is 12. The molecule has 0 spiro atoms. The average Bonchev–Trinajstić information content (AvgIpc) is 2.64. The van der Waals surface area contributed by atoms with Crippen molar-refractivity contribution in [2.24, 2.45) is 0 Å². The van der Waals surface area contributed by atoms with Crippen molar-refractivity contribution in [1.82, 2.24) is 0 Å². The normalized spacial score (nSPS) is 11.5. The van der Waals surface area contributed by atoms with Gasteiger partial charge in [-0.3, -0.25) is 0 Å². The SMILES string of the molecule is CCCCCCCCSSOS(=O)(=O)[O-].CCCCCCCCSSOS(=O)(=O)[O-].[Zn+2]. The van der Waals surface area contributed by atoms with Crippen LogP contribution in [-0.4, -0.2) is 37.4 Å². The first-order valence-electron chi connectivity index (χ1n) is 9.99. The Morgan fingerprint density at radius 1 is 0.581 bits per heavy atom. The standard InChI is InChI=1S/2C8H18O4S3.Zn/c2*1-2-3-4-5-6-7-8-13-14-12-15(9,10)11;/h2*2-8H2,1H3,(H,9,10,11);/q;;+2/p-2. The van der Waals surface area contributed by atoms with Gasteiger partial charge in [-0.1, -0.05) is 99.6 Å². The predicted molar refractivity (Wildman–Crippen MR) is 128 cm³/mol. The van der Waals surface area contributed by atoms with Gasteiger partial charge in [-0.05, 0) is 12.8 Å². The molecular formula is C16H34O8S6Zn. The Kier molecular flexibility index (Phi) is 31.7. The van der Waals surface area contributed by atoms with E-state index in [-0.39, 0.29) is 19.5 Å². The van der Waals surface area contributed by atoms with Gasteiger partial charge in [-0.15, -0.1) is 0 Å². The summed E-state index contributed by atoms with van der Waals surface area (Å²) in [5.74, 6) is 1.62. The van der Waals surface area contributed by atoms with Gasteiger partial charge in [0.15, 0.2) is 0 Å². The zero-order valence-corrected chi connectivity index (χ0v) is 26.2. The van der Waals surface area contributed by atoms with Crippen LogP contribution in [0.1, 0.15) is 90.9 Å². The summed E-state index contributed by atoms with van der Waals surface area (Å²) in [5, 5.41) is 0. The molecule has 0 unspecified atom stereocenters. The van der Waals surface area contributed by atoms with Gasteiger partial charge in [0.25, 0.3) is 0 Å². The Morgan fingerprint density at radius 2 is 0.871 bits per heavy atom. The van der Waals surface area contributed by atoms with E-state index in [4.69, 9.17) is 0 Å². The summed E-state index contributed by atoms with van der Waals surface area (Å²) < 4.78 is 68.1. The molecule has 0 aromatic heterocycles. The molecule has 0 atom stereocenters. The van der Waals surface area contributed by atoms with Crippen LogP contribution in [0.2, 0.25) is 0 Å². The minimum absolute atomic E-state index is 0. The van der Waals surface area contributed by atoms with Crippen molar-refractivity contribution >= 4 is 64.5 Å². The molecule has 0 radical (unpaired) electrons. The predicted octanol–water partition coefficient (Wildman–Crippen LogP) is 6.24. The third kappa shape index (κ3) is 42.4. The van der Waals surface area contributed by atoms with E-state index in [1.165, 1.54) is 73.0 Å². The van der Waals surface area contributed by atoms with Crippen molar-refractivity contribution in [3.63, 3.8) is 0 Å². The molecule has 15 heteroatoms. The van der Waals surface area contributed by atoms with E-state index in [0.29, 0.717) is 22.1 Å². The maximum Gasteiger partial charge on any atom is 2.00 e. The minimum atomic E-state index is -4.54. The van der Waals surface area contributed by atoms with Crippen LogP contribution in [0.4, 0.5) is 0 Å². The minimum Gasteiger partial charge on any atom is -0.725 e. The van der Waals surface area contributed by atoms with Gasteiger partial charge >= 0.3 is 19.5 Å². The molecule has 0 aliphatic rings. The van der Waals surface area contributed by atoms with Gasteiger partial charge in [-0.25, -0.2) is 16.8 Å². The average molecular weight is 612 g/mol. The Labute approximate surface area is 218 Å². The van der Waals surface area contributed by atoms with Crippen molar-refractivity contribution in [2.45, 2.75) is 90.9 Å². The molecule has 0 rings (SSSR count). The Hall–Kier alpha value is 1.76. The van der Waals surface area contributed by atoms with Crippen LogP contribution >= 0.6 is 43.7 Å². The molecular weight excluding hydrogens is 578 g/mol. The van der Waals surface area contributed by atoms with E-state index >= 15 is 0 Å². The van der Waals surface area contributed by atoms with Crippen LogP contribution in [0.3, 0.4) is 0 Å². The molecule has 0 aliphatic carbocycles. The maximum absolute atomic E-state index is 10.0. The largest absolute Gasteiger partial charge is 2.00 e. The fraction of sp³-hybridized carbons (Fsp3) is 1.00. The molecule has 31 heavy (non-hydrogen) atoms. The van der Waals surface area contributed by atoms with Crippen molar-refractivity contribution in [3.05, 3.63) is 0 Å². The molecule has 0 heterocycles. The summed E-state index contributed by atoms with van der Waals surface area (Å²) in [6.07, 6.45) is 14.4. The molecule has 0 amide bonds. The van der Waals surface area contributed by atoms with Crippen LogP contribution in [0.25, 0.3) is 0 Å². The smallest absolute Gasteiger partial charge is 0.725 e. The first kappa shape index (κ1) is 37.3. The molecule has 184 valence electrons. The van der Waals surface area contributed by atoms with Gasteiger partial charge < -0.3 is 9.11 Å². The summed E-state index contributed by atoms with van der Waals surface area (Å²) in [6, 6.07) is 0. The van der Waals surface area contributed by atoms with Gasteiger partial charge in [0.2, 0.25) is 20.8 Å². The van der Waals surface area contributed by atoms with Gasteiger partial charge in [0, 0.05) is 11.5 Å². The van der Waals surface area contributed by atoms with E-state index in [1.54, 1.807) is 0 Å². The number of unbranched alkanes of at least 4 members (excludes halogenated alkanes) is 10. The maximum atomic E-state index is 10.0. The molecule has 8 nitrogen and oxygen atoms in total. The van der Waals surface area contributed by atoms with Crippen LogP contribution < -0.4 is 0 Å². The zero-order valence-electron chi connectivity index (χ0n) is 18.3. The third-order valence-electron chi connectivity index (χ3n) is 3.48. The summed E-state index contributed by atoms with van der Waals surface area (Å²) in [7, 11) is -6.56. The first-order valence-corrected chi connectivity index (χ1v) is 17.1. The first-order chi connectivity index (χ1) is 14.1. The number of rotatable bonds is 20. The second kappa shape index (κ2) is 26.4. The van der Waals surface area contributed by atoms with Gasteiger partial charge in [0.05, 0.1) is 22.1 Å². The Morgan fingerprint density at radius 3 is 1.16 bits per heavy atom. The van der Waals surface area contributed by atoms with Crippen molar-refractivity contribution in [3.8, 4) is 0 Å². The molecule has 0 aromatic carbocycles. The molecule has 0 N–H and O–H groups in total. The second-order valence-electron chi connectivity index (χ2n) is 6.27. The van der Waals surface area contributed by atoms with Gasteiger partial charge in [-0.2, -0.15) is 7.26 Å². The van der Waals surface area contributed by atoms with E-state index in [9.17, 15) is 25.9 Å². The fourth-order valence-corrected chi connectivity index (χ4v) is 6.74. The molecule has 0 saturated heterocycles. The monoisotopic (exact) mass is 610 g/mol. The van der Waals surface area contributed by atoms with Crippen LogP contribution in [0.5, 0.6) is 0 Å². The Bertz CT molecular complexity index is 512. The topological polar surface area (TPSA) is 133 Å². The summed E-state index contributed by atoms with van der Waals surface area (Å²) in [5.41, 5.74) is 0. The molecule has 0 aromatic rings. The van der Waals surface area contributed by atoms with Crippen molar-refractivity contribution < 1.29 is 52.7 Å². The van der Waals surface area contributed by atoms with Crippen molar-refractivity contribution in [1.29, 1.82) is 0 Å². The molecule has 0 bridgehead atoms. The Balaban J connectivity index is -0.000000490. The zero-order chi connectivity index (χ0) is 23.1. The quantitative estimate of drug-likeness (QED) is 0.0385. The number of hydrogen-bond donors (Lipinski definition) is 0. The van der Waals surface area contributed by atoms with E-state index in [2.05, 4.69) is 21.1 Å². The molecule has 0 aliphatic heterocycles. The van der Waals surface area contributed by atoms with E-state index < -0.39 is 20.8 Å². The van der Waals surface area contributed by atoms with Crippen LogP contribution in [0, 0.1) is 0 Å². The summed E-state index contributed by atoms with van der Waals surface area (Å²) >= 11 is 1.29. The molecule has 0 fully saturated rings. The molecule has 0 saturated carbocycles. The third-order valence-corrected chi connectivity index (χ3v) is 8.94. The fourth-order valence-electron chi connectivity index (χ4n) is 2.06. The van der Waals surface area contributed by atoms with E-state index in [1.807, 2.05) is 0 Å². The van der Waals surface area contributed by atoms with E-state index in [0.717, 1.165) is 37.2 Å². The van der Waals surface area contributed by atoms with Crippen molar-refractivity contribution in [2.75, 3.05) is 11.5 Å². The second-order valence-corrected chi connectivity index (χ2v) is 12.8. The van der Waals surface area contributed by atoms with Crippen LogP contribution in [-0.2, 0) is 47.5 Å².